The van der Waals surface area contributed by atoms with Crippen molar-refractivity contribution >= 4 is 27.9 Å². The molecule has 0 aromatic heterocycles. The summed E-state index contributed by atoms with van der Waals surface area (Å²) in [6, 6.07) is 8.89. The summed E-state index contributed by atoms with van der Waals surface area (Å²) in [6.07, 6.45) is 0. The molecule has 0 radical (unpaired) electrons. The number of carbonyl (C=O) groups is 1. The molecular formula is C15H14O6S2. The van der Waals surface area contributed by atoms with Crippen molar-refractivity contribution in [3.8, 4) is 0 Å². The van der Waals surface area contributed by atoms with Crippen molar-refractivity contribution in [1.29, 1.82) is 0 Å². The first-order valence-electron chi connectivity index (χ1n) is 6.45. The molecular weight excluding hydrogens is 340 g/mol. The van der Waals surface area contributed by atoms with Crippen LogP contribution < -0.4 is 0 Å². The molecule has 2 N–H and O–H groups in total. The summed E-state index contributed by atoms with van der Waals surface area (Å²) in [4.78, 5) is 12.8. The quantitative estimate of drug-likeness (QED) is 0.279. The van der Waals surface area contributed by atoms with Crippen molar-refractivity contribution in [2.45, 2.75) is 23.6 Å². The molecule has 0 aliphatic heterocycles. The summed E-state index contributed by atoms with van der Waals surface area (Å²) in [7, 11) is -4.40. The Bertz CT molecular complexity index is 858. The van der Waals surface area contributed by atoms with Crippen molar-refractivity contribution < 1.29 is 27.4 Å². The van der Waals surface area contributed by atoms with Crippen molar-refractivity contribution in [3.05, 3.63) is 58.7 Å². The number of ketones is 1. The second-order valence-electron chi connectivity index (χ2n) is 4.92. The Morgan fingerprint density at radius 1 is 1.04 bits per heavy atom. The lowest BCUT2D eigenvalue weighted by Crippen LogP contribution is -2.06. The van der Waals surface area contributed by atoms with Gasteiger partial charge in [0.1, 0.15) is 0 Å². The van der Waals surface area contributed by atoms with Crippen LogP contribution in [0.2, 0.25) is 0 Å². The fourth-order valence-electron chi connectivity index (χ4n) is 2.06. The molecule has 0 saturated carbocycles. The largest absolute Gasteiger partial charge is 0.294 e. The Labute approximate surface area is 138 Å². The van der Waals surface area contributed by atoms with Gasteiger partial charge >= 0.3 is 0 Å². The third-order valence-corrected chi connectivity index (χ3v) is 5.00. The molecule has 0 atom stereocenters. The Morgan fingerprint density at radius 2 is 1.61 bits per heavy atom. The maximum atomic E-state index is 12.5. The Morgan fingerprint density at radius 3 is 2.17 bits per heavy atom. The van der Waals surface area contributed by atoms with Gasteiger partial charge in [0.2, 0.25) is 0 Å². The van der Waals surface area contributed by atoms with Crippen molar-refractivity contribution in [1.82, 2.24) is 0 Å². The monoisotopic (exact) mass is 354 g/mol. The molecule has 0 bridgehead atoms. The standard InChI is InChI=1S/C15H14O6S2/c1-9-3-5-11(7-13(9)22-21-17)15(16)12-6-4-10(2)14(8-12)23(18,19)20/h3-8,17H,1-2H3,(H,18,19,20). The second kappa shape index (κ2) is 6.81. The summed E-state index contributed by atoms with van der Waals surface area (Å²) in [5.41, 5.74) is 1.59. The Hall–Kier alpha value is -1.71. The molecule has 2 rings (SSSR count). The first-order chi connectivity index (χ1) is 10.7. The van der Waals surface area contributed by atoms with Crippen LogP contribution in [0.25, 0.3) is 0 Å². The molecule has 2 aromatic carbocycles. The third kappa shape index (κ3) is 3.98. The molecule has 23 heavy (non-hydrogen) atoms. The minimum Gasteiger partial charge on any atom is -0.289 e. The number of benzene rings is 2. The molecule has 0 spiro atoms. The zero-order valence-corrected chi connectivity index (χ0v) is 13.9. The zero-order chi connectivity index (χ0) is 17.2. The van der Waals surface area contributed by atoms with E-state index in [1.807, 2.05) is 0 Å². The van der Waals surface area contributed by atoms with Crippen molar-refractivity contribution in [2.24, 2.45) is 0 Å². The van der Waals surface area contributed by atoms with E-state index >= 15 is 0 Å². The van der Waals surface area contributed by atoms with Crippen LogP contribution in [0.3, 0.4) is 0 Å². The van der Waals surface area contributed by atoms with Crippen LogP contribution in [0.15, 0.2) is 46.2 Å². The molecule has 0 unspecified atom stereocenters. The van der Waals surface area contributed by atoms with Crippen LogP contribution in [0.5, 0.6) is 0 Å². The minimum absolute atomic E-state index is 0.132. The van der Waals surface area contributed by atoms with E-state index in [-0.39, 0.29) is 10.5 Å². The van der Waals surface area contributed by atoms with E-state index in [4.69, 9.17) is 5.26 Å². The molecule has 0 fully saturated rings. The van der Waals surface area contributed by atoms with E-state index in [1.54, 1.807) is 19.1 Å². The third-order valence-electron chi connectivity index (χ3n) is 3.31. The van der Waals surface area contributed by atoms with Gasteiger partial charge < -0.3 is 0 Å². The molecule has 2 aromatic rings. The van der Waals surface area contributed by atoms with E-state index in [1.165, 1.54) is 25.1 Å². The number of aryl methyl sites for hydroxylation is 2. The fraction of sp³-hybridized carbons (Fsp3) is 0.133. The fourth-order valence-corrected chi connectivity index (χ4v) is 3.26. The summed E-state index contributed by atoms with van der Waals surface area (Å²) >= 11 is 0.706. The lowest BCUT2D eigenvalue weighted by molar-refractivity contribution is -0.116. The SMILES string of the molecule is Cc1ccc(C(=O)c2ccc(C)c(S(=O)(=O)O)c2)cc1SOO. The first kappa shape index (κ1) is 17.6. The van der Waals surface area contributed by atoms with E-state index in [0.29, 0.717) is 28.1 Å². The van der Waals surface area contributed by atoms with Crippen molar-refractivity contribution in [2.75, 3.05) is 0 Å². The average molecular weight is 354 g/mol. The van der Waals surface area contributed by atoms with Gasteiger partial charge in [-0.25, -0.2) is 5.26 Å². The van der Waals surface area contributed by atoms with Gasteiger partial charge in [0.15, 0.2) is 5.78 Å². The summed E-state index contributed by atoms with van der Waals surface area (Å²) in [6.45, 7) is 3.31. The van der Waals surface area contributed by atoms with Gasteiger partial charge in [-0.05, 0) is 37.1 Å². The highest BCUT2D eigenvalue weighted by atomic mass is 32.2. The normalized spacial score (nSPS) is 11.5. The molecule has 0 heterocycles. The number of hydrogen-bond donors (Lipinski definition) is 2. The molecule has 0 amide bonds. The average Bonchev–Trinajstić information content (AvgIpc) is 2.48. The molecule has 0 saturated heterocycles. The predicted molar refractivity (Wildman–Crippen MR) is 85.2 cm³/mol. The Balaban J connectivity index is 2.47. The van der Waals surface area contributed by atoms with Crippen LogP contribution in [-0.4, -0.2) is 24.0 Å². The predicted octanol–water partition coefficient (Wildman–Crippen LogP) is 3.28. The van der Waals surface area contributed by atoms with Crippen LogP contribution in [0.4, 0.5) is 0 Å². The molecule has 122 valence electrons. The highest BCUT2D eigenvalue weighted by Gasteiger charge is 2.18. The first-order valence-corrected chi connectivity index (χ1v) is 8.64. The van der Waals surface area contributed by atoms with Crippen LogP contribution in [0.1, 0.15) is 27.0 Å². The van der Waals surface area contributed by atoms with Crippen LogP contribution >= 0.6 is 12.0 Å². The number of hydrogen-bond acceptors (Lipinski definition) is 6. The lowest BCUT2D eigenvalue weighted by Gasteiger charge is -2.08. The summed E-state index contributed by atoms with van der Waals surface area (Å²) < 4.78 is 35.9. The van der Waals surface area contributed by atoms with Crippen molar-refractivity contribution in [3.63, 3.8) is 0 Å². The highest BCUT2D eigenvalue weighted by Crippen LogP contribution is 2.25. The van der Waals surface area contributed by atoms with Gasteiger partial charge in [0.25, 0.3) is 10.1 Å². The van der Waals surface area contributed by atoms with Gasteiger partial charge in [-0.3, -0.25) is 9.35 Å². The van der Waals surface area contributed by atoms with E-state index < -0.39 is 15.9 Å². The molecule has 8 heteroatoms. The minimum atomic E-state index is -4.40. The van der Waals surface area contributed by atoms with Crippen LogP contribution in [-0.2, 0) is 14.5 Å². The Kier molecular flexibility index (Phi) is 5.23. The lowest BCUT2D eigenvalue weighted by atomic mass is 10.0. The zero-order valence-electron chi connectivity index (χ0n) is 12.3. The van der Waals surface area contributed by atoms with Crippen LogP contribution in [0, 0.1) is 13.8 Å². The number of carbonyl (C=O) groups excluding carboxylic acids is 1. The van der Waals surface area contributed by atoms with E-state index in [2.05, 4.69) is 4.33 Å². The highest BCUT2D eigenvalue weighted by molar-refractivity contribution is 7.94. The maximum absolute atomic E-state index is 12.5. The summed E-state index contributed by atoms with van der Waals surface area (Å²) in [5.74, 6) is -0.408. The number of rotatable bonds is 5. The van der Waals surface area contributed by atoms with Gasteiger partial charge in [0.05, 0.1) is 16.9 Å². The summed E-state index contributed by atoms with van der Waals surface area (Å²) in [5, 5.41) is 8.53. The molecule has 0 aliphatic rings. The van der Waals surface area contributed by atoms with Gasteiger partial charge in [-0.15, -0.1) is 0 Å². The van der Waals surface area contributed by atoms with Gasteiger partial charge in [0, 0.05) is 16.0 Å². The second-order valence-corrected chi connectivity index (χ2v) is 7.07. The molecule has 6 nitrogen and oxygen atoms in total. The topological polar surface area (TPSA) is 101 Å². The van der Waals surface area contributed by atoms with Gasteiger partial charge in [-0.1, -0.05) is 24.3 Å². The van der Waals surface area contributed by atoms with E-state index in [9.17, 15) is 17.8 Å². The van der Waals surface area contributed by atoms with Gasteiger partial charge in [-0.2, -0.15) is 12.8 Å². The maximum Gasteiger partial charge on any atom is 0.294 e. The molecule has 0 aliphatic carbocycles. The van der Waals surface area contributed by atoms with E-state index in [0.717, 1.165) is 11.6 Å². The smallest absolute Gasteiger partial charge is 0.289 e.